The van der Waals surface area contributed by atoms with Crippen molar-refractivity contribution in [2.45, 2.75) is 39.0 Å². The Labute approximate surface area is 179 Å². The van der Waals surface area contributed by atoms with Gasteiger partial charge in [0, 0.05) is 18.4 Å². The Hall–Kier alpha value is -2.83. The molecule has 0 aliphatic carbocycles. The van der Waals surface area contributed by atoms with Crippen molar-refractivity contribution in [2.75, 3.05) is 6.61 Å². The lowest BCUT2D eigenvalue weighted by molar-refractivity contribution is 0.0926. The molecule has 1 N–H and O–H groups in total. The van der Waals surface area contributed by atoms with E-state index in [0.29, 0.717) is 28.7 Å². The van der Waals surface area contributed by atoms with Crippen LogP contribution in [0.2, 0.25) is 5.02 Å². The van der Waals surface area contributed by atoms with Gasteiger partial charge in [-0.25, -0.2) is 0 Å². The highest BCUT2D eigenvalue weighted by molar-refractivity contribution is 6.33. The molecule has 0 saturated carbocycles. The molecule has 1 atom stereocenters. The van der Waals surface area contributed by atoms with Crippen LogP contribution < -0.4 is 10.9 Å². The average Bonchev–Trinajstić information content (AvgIpc) is 3.41. The molecule has 1 fully saturated rings. The molecule has 3 aromatic rings. The van der Waals surface area contributed by atoms with Crippen LogP contribution in [0.25, 0.3) is 11.3 Å². The lowest BCUT2D eigenvalue weighted by Gasteiger charge is -2.14. The van der Waals surface area contributed by atoms with E-state index in [1.807, 2.05) is 24.3 Å². The lowest BCUT2D eigenvalue weighted by Crippen LogP contribution is -2.35. The maximum atomic E-state index is 12.9. The van der Waals surface area contributed by atoms with Crippen molar-refractivity contribution in [3.05, 3.63) is 80.9 Å². The van der Waals surface area contributed by atoms with Crippen LogP contribution in [0, 0.1) is 6.92 Å². The standard InChI is InChI=1S/C23H23ClN2O4/c1-15-10-11-26(14-17-5-4-12-29-17)23(28)21(15)22(27)25-13-16-8-9-20(30-16)18-6-2-3-7-19(18)24/h2-3,6-11,17H,4-5,12-14H2,1H3,(H,25,27). The van der Waals surface area contributed by atoms with Gasteiger partial charge < -0.3 is 19.0 Å². The van der Waals surface area contributed by atoms with Gasteiger partial charge in [-0.1, -0.05) is 23.7 Å². The Morgan fingerprint density at radius 2 is 2.07 bits per heavy atom. The molecular weight excluding hydrogens is 404 g/mol. The molecular formula is C23H23ClN2O4. The van der Waals surface area contributed by atoms with Crippen LogP contribution in [0.15, 0.2) is 57.9 Å². The zero-order chi connectivity index (χ0) is 21.1. The molecule has 6 nitrogen and oxygen atoms in total. The number of halogens is 1. The smallest absolute Gasteiger partial charge is 0.263 e. The number of aromatic nitrogens is 1. The highest BCUT2D eigenvalue weighted by Gasteiger charge is 2.20. The summed E-state index contributed by atoms with van der Waals surface area (Å²) in [7, 11) is 0. The van der Waals surface area contributed by atoms with E-state index in [4.69, 9.17) is 20.8 Å². The summed E-state index contributed by atoms with van der Waals surface area (Å²) < 4.78 is 13.0. The minimum absolute atomic E-state index is 0.0210. The van der Waals surface area contributed by atoms with E-state index in [1.165, 1.54) is 0 Å². The minimum atomic E-state index is -0.421. The van der Waals surface area contributed by atoms with E-state index in [-0.39, 0.29) is 23.8 Å². The number of aryl methyl sites for hydroxylation is 1. The largest absolute Gasteiger partial charge is 0.459 e. The number of benzene rings is 1. The van der Waals surface area contributed by atoms with E-state index < -0.39 is 5.91 Å². The van der Waals surface area contributed by atoms with Gasteiger partial charge in [0.2, 0.25) is 0 Å². The Morgan fingerprint density at radius 1 is 1.23 bits per heavy atom. The van der Waals surface area contributed by atoms with Crippen molar-refractivity contribution in [1.29, 1.82) is 0 Å². The molecule has 1 unspecified atom stereocenters. The third-order valence-electron chi connectivity index (χ3n) is 5.25. The van der Waals surface area contributed by atoms with Crippen molar-refractivity contribution in [3.8, 4) is 11.3 Å². The fourth-order valence-corrected chi connectivity index (χ4v) is 3.86. The number of nitrogens with one attached hydrogen (secondary N) is 1. The first kappa shape index (κ1) is 20.4. The van der Waals surface area contributed by atoms with Gasteiger partial charge in [0.15, 0.2) is 0 Å². The van der Waals surface area contributed by atoms with Gasteiger partial charge in [-0.2, -0.15) is 0 Å². The molecule has 0 bridgehead atoms. The van der Waals surface area contributed by atoms with Gasteiger partial charge in [0.1, 0.15) is 17.1 Å². The highest BCUT2D eigenvalue weighted by atomic mass is 35.5. The van der Waals surface area contributed by atoms with Crippen LogP contribution >= 0.6 is 11.6 Å². The summed E-state index contributed by atoms with van der Waals surface area (Å²) in [5.41, 5.74) is 1.26. The van der Waals surface area contributed by atoms with Crippen molar-refractivity contribution < 1.29 is 13.9 Å². The minimum Gasteiger partial charge on any atom is -0.459 e. The van der Waals surface area contributed by atoms with Gasteiger partial charge in [0.05, 0.1) is 24.2 Å². The Morgan fingerprint density at radius 3 is 2.83 bits per heavy atom. The number of rotatable bonds is 6. The molecule has 1 aromatic carbocycles. The van der Waals surface area contributed by atoms with E-state index >= 15 is 0 Å². The zero-order valence-electron chi connectivity index (χ0n) is 16.7. The molecule has 1 aliphatic rings. The molecule has 0 spiro atoms. The van der Waals surface area contributed by atoms with Gasteiger partial charge >= 0.3 is 0 Å². The second-order valence-corrected chi connectivity index (χ2v) is 7.80. The summed E-state index contributed by atoms with van der Waals surface area (Å²) in [6.07, 6.45) is 3.66. The summed E-state index contributed by atoms with van der Waals surface area (Å²) >= 11 is 6.21. The van der Waals surface area contributed by atoms with E-state index in [1.54, 1.807) is 35.9 Å². The molecule has 1 amide bonds. The summed E-state index contributed by atoms with van der Waals surface area (Å²) in [4.78, 5) is 25.6. The zero-order valence-corrected chi connectivity index (χ0v) is 17.4. The van der Waals surface area contributed by atoms with E-state index in [9.17, 15) is 9.59 Å². The Balaban J connectivity index is 1.47. The Bertz CT molecular complexity index is 1110. The van der Waals surface area contributed by atoms with Crippen LogP contribution in [-0.4, -0.2) is 23.2 Å². The fraction of sp³-hybridized carbons (Fsp3) is 0.304. The summed E-state index contributed by atoms with van der Waals surface area (Å²) in [6.45, 7) is 3.11. The topological polar surface area (TPSA) is 73.5 Å². The van der Waals surface area contributed by atoms with E-state index in [0.717, 1.165) is 25.0 Å². The summed E-state index contributed by atoms with van der Waals surface area (Å²) in [5.74, 6) is 0.779. The molecule has 156 valence electrons. The van der Waals surface area contributed by atoms with Crippen molar-refractivity contribution in [3.63, 3.8) is 0 Å². The predicted molar refractivity (Wildman–Crippen MR) is 115 cm³/mol. The van der Waals surface area contributed by atoms with Crippen LogP contribution in [0.5, 0.6) is 0 Å². The quantitative estimate of drug-likeness (QED) is 0.641. The normalized spacial score (nSPS) is 16.0. The summed E-state index contributed by atoms with van der Waals surface area (Å²) in [6, 6.07) is 12.8. The lowest BCUT2D eigenvalue weighted by atomic mass is 10.1. The maximum Gasteiger partial charge on any atom is 0.263 e. The van der Waals surface area contributed by atoms with Crippen molar-refractivity contribution in [1.82, 2.24) is 9.88 Å². The molecule has 1 saturated heterocycles. The van der Waals surface area contributed by atoms with Gasteiger partial charge in [-0.3, -0.25) is 9.59 Å². The monoisotopic (exact) mass is 426 g/mol. The molecule has 30 heavy (non-hydrogen) atoms. The SMILES string of the molecule is Cc1ccn(CC2CCCO2)c(=O)c1C(=O)NCc1ccc(-c2ccccc2Cl)o1. The highest BCUT2D eigenvalue weighted by Crippen LogP contribution is 2.29. The number of hydrogen-bond acceptors (Lipinski definition) is 4. The first-order valence-corrected chi connectivity index (χ1v) is 10.3. The number of carbonyl (C=O) groups is 1. The van der Waals surface area contributed by atoms with E-state index in [2.05, 4.69) is 5.32 Å². The summed E-state index contributed by atoms with van der Waals surface area (Å²) in [5, 5.41) is 3.38. The number of ether oxygens (including phenoxy) is 1. The van der Waals surface area contributed by atoms with Crippen molar-refractivity contribution >= 4 is 17.5 Å². The van der Waals surface area contributed by atoms with Crippen molar-refractivity contribution in [2.24, 2.45) is 0 Å². The Kier molecular flexibility index (Phi) is 6.06. The third-order valence-corrected chi connectivity index (χ3v) is 5.58. The second kappa shape index (κ2) is 8.90. The molecule has 0 radical (unpaired) electrons. The third kappa shape index (κ3) is 4.35. The fourth-order valence-electron chi connectivity index (χ4n) is 3.63. The predicted octanol–water partition coefficient (Wildman–Crippen LogP) is 4.18. The molecule has 1 aliphatic heterocycles. The number of amides is 1. The second-order valence-electron chi connectivity index (χ2n) is 7.39. The number of nitrogens with zero attached hydrogens (tertiary/aromatic N) is 1. The van der Waals surface area contributed by atoms with Crippen LogP contribution in [-0.2, 0) is 17.8 Å². The molecule has 3 heterocycles. The maximum absolute atomic E-state index is 12.9. The number of carbonyl (C=O) groups excluding carboxylic acids is 1. The number of pyridine rings is 1. The molecule has 4 rings (SSSR count). The van der Waals surface area contributed by atoms with Crippen LogP contribution in [0.4, 0.5) is 0 Å². The van der Waals surface area contributed by atoms with Crippen LogP contribution in [0.1, 0.15) is 34.5 Å². The van der Waals surface area contributed by atoms with Gasteiger partial charge in [-0.05, 0) is 55.7 Å². The molecule has 7 heteroatoms. The molecule has 2 aromatic heterocycles. The number of furan rings is 1. The number of hydrogen-bond donors (Lipinski definition) is 1. The first-order chi connectivity index (χ1) is 14.5. The average molecular weight is 427 g/mol. The first-order valence-electron chi connectivity index (χ1n) is 9.96. The van der Waals surface area contributed by atoms with Crippen LogP contribution in [0.3, 0.4) is 0 Å². The van der Waals surface area contributed by atoms with Gasteiger partial charge in [0.25, 0.3) is 11.5 Å². The van der Waals surface area contributed by atoms with Gasteiger partial charge in [-0.15, -0.1) is 0 Å².